The Hall–Kier alpha value is -1.11. The number of rotatable bonds is 5. The lowest BCUT2D eigenvalue weighted by molar-refractivity contribution is -0.139. The zero-order valence-corrected chi connectivity index (χ0v) is 11.5. The number of carboxylic acid groups (broad SMARTS) is 1. The van der Waals surface area contributed by atoms with Crippen LogP contribution in [0.3, 0.4) is 0 Å². The normalized spacial score (nSPS) is 13.6. The van der Waals surface area contributed by atoms with Crippen LogP contribution in [0.5, 0.6) is 0 Å². The Balaban J connectivity index is 3.14. The van der Waals surface area contributed by atoms with E-state index in [2.05, 4.69) is 4.72 Å². The van der Waals surface area contributed by atoms with Crippen LogP contribution in [-0.2, 0) is 14.8 Å². The number of hydrogen-bond acceptors (Lipinski definition) is 3. The van der Waals surface area contributed by atoms with Crippen molar-refractivity contribution < 1.29 is 18.3 Å². The highest BCUT2D eigenvalue weighted by Crippen LogP contribution is 2.24. The molecular formula is C11H14ClNO4S. The third-order valence-corrected chi connectivity index (χ3v) is 4.52. The molecule has 0 aromatic heterocycles. The first-order chi connectivity index (χ1) is 8.25. The maximum absolute atomic E-state index is 11.7. The van der Waals surface area contributed by atoms with Crippen molar-refractivity contribution in [3.8, 4) is 0 Å². The van der Waals surface area contributed by atoms with E-state index < -0.39 is 27.3 Å². The van der Waals surface area contributed by atoms with Gasteiger partial charge in [-0.25, -0.2) is 8.42 Å². The van der Waals surface area contributed by atoms with Crippen LogP contribution in [-0.4, -0.2) is 24.7 Å². The van der Waals surface area contributed by atoms with Crippen LogP contribution in [0.4, 0.5) is 0 Å². The molecule has 2 N–H and O–H groups in total. The van der Waals surface area contributed by atoms with Crippen molar-refractivity contribution in [2.75, 3.05) is 0 Å². The Morgan fingerprint density at radius 3 is 2.33 bits per heavy atom. The van der Waals surface area contributed by atoms with Crippen molar-refractivity contribution in [3.63, 3.8) is 0 Å². The van der Waals surface area contributed by atoms with Gasteiger partial charge in [-0.2, -0.15) is 4.72 Å². The minimum Gasteiger partial charge on any atom is -0.480 e. The molecule has 0 fully saturated rings. The highest BCUT2D eigenvalue weighted by atomic mass is 35.5. The quantitative estimate of drug-likeness (QED) is 0.866. The second kappa shape index (κ2) is 5.69. The van der Waals surface area contributed by atoms with Crippen LogP contribution in [0.15, 0.2) is 24.3 Å². The first-order valence-corrected chi connectivity index (χ1v) is 7.16. The topological polar surface area (TPSA) is 83.5 Å². The Morgan fingerprint density at radius 2 is 1.89 bits per heavy atom. The largest absolute Gasteiger partial charge is 0.480 e. The fraction of sp³-hybridized carbons (Fsp3) is 0.364. The second-order valence-electron chi connectivity index (χ2n) is 4.00. The van der Waals surface area contributed by atoms with Crippen molar-refractivity contribution in [2.24, 2.45) is 0 Å². The molecule has 0 bridgehead atoms. The van der Waals surface area contributed by atoms with Gasteiger partial charge in [0.15, 0.2) is 0 Å². The number of aliphatic carboxylic acids is 1. The Labute approximate surface area is 111 Å². The number of carboxylic acids is 1. The van der Waals surface area contributed by atoms with Crippen LogP contribution < -0.4 is 4.72 Å². The monoisotopic (exact) mass is 291 g/mol. The molecular weight excluding hydrogens is 278 g/mol. The number of halogens is 1. The van der Waals surface area contributed by atoms with E-state index in [1.54, 1.807) is 12.1 Å². The fourth-order valence-electron chi connectivity index (χ4n) is 1.26. The molecule has 0 heterocycles. The number of carbonyl (C=O) groups is 1. The van der Waals surface area contributed by atoms with Gasteiger partial charge in [-0.1, -0.05) is 29.8 Å². The molecule has 1 rings (SSSR count). The number of hydrogen-bond donors (Lipinski definition) is 2. The highest BCUT2D eigenvalue weighted by Gasteiger charge is 2.28. The summed E-state index contributed by atoms with van der Waals surface area (Å²) >= 11 is 5.87. The van der Waals surface area contributed by atoms with Crippen LogP contribution >= 0.6 is 11.6 Å². The van der Waals surface area contributed by atoms with Gasteiger partial charge in [0.05, 0.1) is 5.25 Å². The maximum atomic E-state index is 11.7. The number of nitrogens with one attached hydrogen (secondary N) is 1. The summed E-state index contributed by atoms with van der Waals surface area (Å²) < 4.78 is 25.6. The van der Waals surface area contributed by atoms with E-state index in [-0.39, 0.29) is 10.6 Å². The third-order valence-electron chi connectivity index (χ3n) is 2.37. The smallest absolute Gasteiger partial charge is 0.326 e. The van der Waals surface area contributed by atoms with Gasteiger partial charge in [0.2, 0.25) is 10.0 Å². The van der Waals surface area contributed by atoms with Crippen molar-refractivity contribution in [3.05, 3.63) is 34.9 Å². The SMILES string of the molecule is CC(C)S(=O)(=O)N[C@@H](C(=O)O)c1ccccc1Cl. The van der Waals surface area contributed by atoms with Crippen molar-refractivity contribution in [2.45, 2.75) is 25.1 Å². The van der Waals surface area contributed by atoms with Gasteiger partial charge in [0.1, 0.15) is 6.04 Å². The summed E-state index contributed by atoms with van der Waals surface area (Å²) in [6.45, 7) is 2.93. The lowest BCUT2D eigenvalue weighted by atomic mass is 10.1. The average Bonchev–Trinajstić information content (AvgIpc) is 2.26. The first kappa shape index (κ1) is 14.9. The summed E-state index contributed by atoms with van der Waals surface area (Å²) in [5.41, 5.74) is 0.218. The Kier molecular flexibility index (Phi) is 4.72. The van der Waals surface area contributed by atoms with Crippen LogP contribution in [0.1, 0.15) is 25.5 Å². The van der Waals surface area contributed by atoms with Gasteiger partial charge in [-0.05, 0) is 25.5 Å². The van der Waals surface area contributed by atoms with E-state index in [0.717, 1.165) is 0 Å². The summed E-state index contributed by atoms with van der Waals surface area (Å²) in [5.74, 6) is -1.30. The van der Waals surface area contributed by atoms with Gasteiger partial charge in [-0.15, -0.1) is 0 Å². The average molecular weight is 292 g/mol. The molecule has 0 radical (unpaired) electrons. The zero-order chi connectivity index (χ0) is 13.9. The number of sulfonamides is 1. The molecule has 18 heavy (non-hydrogen) atoms. The highest BCUT2D eigenvalue weighted by molar-refractivity contribution is 7.90. The summed E-state index contributed by atoms with van der Waals surface area (Å²) in [7, 11) is -3.70. The van der Waals surface area contributed by atoms with Gasteiger partial charge in [0.25, 0.3) is 0 Å². The molecule has 0 saturated carbocycles. The predicted octanol–water partition coefficient (Wildman–Crippen LogP) is 1.79. The van der Waals surface area contributed by atoms with E-state index >= 15 is 0 Å². The van der Waals surface area contributed by atoms with Crippen LogP contribution in [0.25, 0.3) is 0 Å². The summed E-state index contributed by atoms with van der Waals surface area (Å²) in [4.78, 5) is 11.2. The van der Waals surface area contributed by atoms with Crippen LogP contribution in [0, 0.1) is 0 Å². The molecule has 0 aliphatic rings. The van der Waals surface area contributed by atoms with E-state index in [1.807, 2.05) is 0 Å². The van der Waals surface area contributed by atoms with Crippen molar-refractivity contribution in [1.29, 1.82) is 0 Å². The minimum atomic E-state index is -3.70. The molecule has 1 aromatic rings. The molecule has 0 spiro atoms. The molecule has 5 nitrogen and oxygen atoms in total. The lowest BCUT2D eigenvalue weighted by Gasteiger charge is -2.17. The summed E-state index contributed by atoms with van der Waals surface area (Å²) in [6, 6.07) is 4.84. The van der Waals surface area contributed by atoms with Crippen LogP contribution in [0.2, 0.25) is 5.02 Å². The molecule has 0 saturated heterocycles. The van der Waals surface area contributed by atoms with E-state index in [9.17, 15) is 13.2 Å². The fourth-order valence-corrected chi connectivity index (χ4v) is 2.33. The second-order valence-corrected chi connectivity index (χ2v) is 6.68. The summed E-state index contributed by atoms with van der Waals surface area (Å²) in [5, 5.41) is 8.60. The van der Waals surface area contributed by atoms with E-state index in [4.69, 9.17) is 16.7 Å². The zero-order valence-electron chi connectivity index (χ0n) is 9.92. The maximum Gasteiger partial charge on any atom is 0.326 e. The molecule has 100 valence electrons. The van der Waals surface area contributed by atoms with Gasteiger partial charge in [-0.3, -0.25) is 4.79 Å². The first-order valence-electron chi connectivity index (χ1n) is 5.24. The van der Waals surface area contributed by atoms with E-state index in [0.29, 0.717) is 0 Å². The Bertz CT molecular complexity index is 542. The van der Waals surface area contributed by atoms with E-state index in [1.165, 1.54) is 26.0 Å². The predicted molar refractivity (Wildman–Crippen MR) is 69.0 cm³/mol. The molecule has 0 aliphatic carbocycles. The molecule has 0 aliphatic heterocycles. The van der Waals surface area contributed by atoms with Crippen molar-refractivity contribution in [1.82, 2.24) is 4.72 Å². The minimum absolute atomic E-state index is 0.205. The molecule has 1 aromatic carbocycles. The molecule has 1 atom stereocenters. The molecule has 0 unspecified atom stereocenters. The third kappa shape index (κ3) is 3.44. The molecule has 7 heteroatoms. The Morgan fingerprint density at radius 1 is 1.33 bits per heavy atom. The van der Waals surface area contributed by atoms with Crippen molar-refractivity contribution >= 4 is 27.6 Å². The van der Waals surface area contributed by atoms with Gasteiger partial charge >= 0.3 is 5.97 Å². The number of benzene rings is 1. The summed E-state index contributed by atoms with van der Waals surface area (Å²) in [6.07, 6.45) is 0. The van der Waals surface area contributed by atoms with Gasteiger partial charge in [0, 0.05) is 5.02 Å². The molecule has 0 amide bonds. The van der Waals surface area contributed by atoms with Gasteiger partial charge < -0.3 is 5.11 Å². The standard InChI is InChI=1S/C11H14ClNO4S/c1-7(2)18(16,17)13-10(11(14)15)8-5-3-4-6-9(8)12/h3-7,10,13H,1-2H3,(H,14,15)/t10-/m1/s1. The lowest BCUT2D eigenvalue weighted by Crippen LogP contribution is -2.38.